The molecule has 2 aromatic rings. The number of thioether (sulfide) groups is 1. The van der Waals surface area contributed by atoms with Gasteiger partial charge in [0.2, 0.25) is 5.91 Å². The Morgan fingerprint density at radius 3 is 2.40 bits per heavy atom. The van der Waals surface area contributed by atoms with Crippen molar-refractivity contribution in [1.29, 1.82) is 0 Å². The summed E-state index contributed by atoms with van der Waals surface area (Å²) in [6.45, 7) is 1.62. The predicted molar refractivity (Wildman–Crippen MR) is 116 cm³/mol. The summed E-state index contributed by atoms with van der Waals surface area (Å²) in [6, 6.07) is 14.7. The number of amides is 2. The first-order valence-corrected chi connectivity index (χ1v) is 11.6. The number of hydrogen-bond donors (Lipinski definition) is 0. The highest BCUT2D eigenvalue weighted by molar-refractivity contribution is 8.01. The topological polar surface area (TPSA) is 66.9 Å². The first-order chi connectivity index (χ1) is 14.5. The van der Waals surface area contributed by atoms with Crippen molar-refractivity contribution < 1.29 is 19.1 Å². The Morgan fingerprint density at radius 2 is 1.73 bits per heavy atom. The van der Waals surface area contributed by atoms with Gasteiger partial charge in [0.05, 0.1) is 16.2 Å². The highest BCUT2D eigenvalue weighted by Crippen LogP contribution is 2.49. The molecular formula is C22H20N2O4S2. The molecule has 6 nitrogen and oxygen atoms in total. The van der Waals surface area contributed by atoms with Gasteiger partial charge in [0.1, 0.15) is 6.04 Å². The van der Waals surface area contributed by atoms with Crippen molar-refractivity contribution in [2.24, 2.45) is 0 Å². The van der Waals surface area contributed by atoms with E-state index < -0.39 is 12.0 Å². The Hall–Kier alpha value is -2.45. The zero-order valence-corrected chi connectivity index (χ0v) is 18.0. The predicted octanol–water partition coefficient (Wildman–Crippen LogP) is 3.81. The minimum Gasteiger partial charge on any atom is -0.454 e. The molecule has 2 fully saturated rings. The lowest BCUT2D eigenvalue weighted by atomic mass is 10.2. The lowest BCUT2D eigenvalue weighted by molar-refractivity contribution is -0.155. The fraction of sp³-hybridized carbons (Fsp3) is 0.318. The molecule has 2 atom stereocenters. The van der Waals surface area contributed by atoms with E-state index in [2.05, 4.69) is 0 Å². The van der Waals surface area contributed by atoms with Crippen LogP contribution in [0.3, 0.4) is 0 Å². The van der Waals surface area contributed by atoms with Gasteiger partial charge in [-0.1, -0.05) is 36.0 Å². The van der Waals surface area contributed by atoms with E-state index in [-0.39, 0.29) is 23.3 Å². The Kier molecular flexibility index (Phi) is 4.78. The monoisotopic (exact) mass is 440 g/mol. The van der Waals surface area contributed by atoms with Gasteiger partial charge >= 0.3 is 5.97 Å². The van der Waals surface area contributed by atoms with Crippen molar-refractivity contribution in [3.05, 3.63) is 48.5 Å². The Morgan fingerprint density at radius 1 is 1.10 bits per heavy atom. The van der Waals surface area contributed by atoms with Gasteiger partial charge in [-0.2, -0.15) is 0 Å². The molecule has 2 amide bonds. The average Bonchev–Trinajstić information content (AvgIpc) is 3.25. The van der Waals surface area contributed by atoms with Crippen molar-refractivity contribution in [3.8, 4) is 0 Å². The van der Waals surface area contributed by atoms with E-state index in [0.717, 1.165) is 27.6 Å². The zero-order chi connectivity index (χ0) is 20.9. The van der Waals surface area contributed by atoms with E-state index in [1.807, 2.05) is 55.5 Å². The SMILES string of the molecule is CC12CCC(=O)N1C(C(=O)OCC(=O)N1c3ccccc3Sc3ccccc31)CS2. The molecule has 0 N–H and O–H groups in total. The summed E-state index contributed by atoms with van der Waals surface area (Å²) in [6.07, 6.45) is 1.18. The van der Waals surface area contributed by atoms with Gasteiger partial charge in [-0.3, -0.25) is 14.5 Å². The standard InChI is InChI=1S/C22H20N2O4S2/c1-22-11-10-19(25)24(22)16(13-29-22)21(27)28-12-20(26)23-14-6-2-4-8-17(14)30-18-9-5-3-7-15(18)23/h2-9,16H,10-13H2,1H3. The molecule has 0 aliphatic carbocycles. The number of fused-ring (bicyclic) bond motifs is 3. The van der Waals surface area contributed by atoms with Gasteiger partial charge in [-0.05, 0) is 37.6 Å². The first-order valence-electron chi connectivity index (χ1n) is 9.79. The van der Waals surface area contributed by atoms with Gasteiger partial charge in [0.25, 0.3) is 5.91 Å². The average molecular weight is 441 g/mol. The van der Waals surface area contributed by atoms with Gasteiger partial charge in [-0.15, -0.1) is 11.8 Å². The summed E-state index contributed by atoms with van der Waals surface area (Å²) in [7, 11) is 0. The molecule has 8 heteroatoms. The van der Waals surface area contributed by atoms with Crippen LogP contribution in [-0.2, 0) is 19.1 Å². The number of carbonyl (C=O) groups excluding carboxylic acids is 3. The maximum absolute atomic E-state index is 13.2. The van der Waals surface area contributed by atoms with Crippen LogP contribution in [0.15, 0.2) is 58.3 Å². The molecule has 5 rings (SSSR count). The molecule has 0 spiro atoms. The van der Waals surface area contributed by atoms with Crippen molar-refractivity contribution in [3.63, 3.8) is 0 Å². The number of rotatable bonds is 3. The van der Waals surface area contributed by atoms with Gasteiger partial charge < -0.3 is 9.64 Å². The number of nitrogens with zero attached hydrogens (tertiary/aromatic N) is 2. The molecule has 3 aliphatic heterocycles. The van der Waals surface area contributed by atoms with Crippen LogP contribution in [0, 0.1) is 0 Å². The fourth-order valence-electron chi connectivity index (χ4n) is 4.26. The molecule has 2 saturated heterocycles. The smallest absolute Gasteiger partial charge is 0.330 e. The van der Waals surface area contributed by atoms with Crippen LogP contribution in [0.1, 0.15) is 19.8 Å². The van der Waals surface area contributed by atoms with Crippen LogP contribution < -0.4 is 4.90 Å². The number of hydrogen-bond acceptors (Lipinski definition) is 6. The third-order valence-corrected chi connectivity index (χ3v) is 8.37. The van der Waals surface area contributed by atoms with Crippen molar-refractivity contribution in [2.75, 3.05) is 17.3 Å². The second kappa shape index (κ2) is 7.35. The van der Waals surface area contributed by atoms with Gasteiger partial charge in [-0.25, -0.2) is 4.79 Å². The number of esters is 1. The number of benzene rings is 2. The Balaban J connectivity index is 1.34. The summed E-state index contributed by atoms with van der Waals surface area (Å²) in [5.41, 5.74) is 1.56. The second-order valence-electron chi connectivity index (χ2n) is 7.64. The van der Waals surface area contributed by atoms with Crippen molar-refractivity contribution >= 4 is 52.7 Å². The molecule has 0 aromatic heterocycles. The largest absolute Gasteiger partial charge is 0.454 e. The molecule has 0 saturated carbocycles. The highest BCUT2D eigenvalue weighted by Gasteiger charge is 2.53. The van der Waals surface area contributed by atoms with E-state index in [4.69, 9.17) is 4.74 Å². The molecule has 3 heterocycles. The van der Waals surface area contributed by atoms with E-state index in [9.17, 15) is 14.4 Å². The van der Waals surface area contributed by atoms with E-state index in [1.54, 1.807) is 33.3 Å². The maximum atomic E-state index is 13.2. The molecule has 3 aliphatic rings. The molecule has 154 valence electrons. The normalized spacial score (nSPS) is 24.3. The molecule has 30 heavy (non-hydrogen) atoms. The summed E-state index contributed by atoms with van der Waals surface area (Å²) in [5.74, 6) is -0.347. The molecule has 0 radical (unpaired) electrons. The van der Waals surface area contributed by atoms with Crippen LogP contribution in [0.5, 0.6) is 0 Å². The fourth-order valence-corrected chi connectivity index (χ4v) is 6.74. The van der Waals surface area contributed by atoms with Crippen molar-refractivity contribution in [2.45, 2.75) is 40.5 Å². The summed E-state index contributed by atoms with van der Waals surface area (Å²) in [5, 5.41) is 0. The number of anilines is 2. The van der Waals surface area contributed by atoms with Crippen LogP contribution in [0.2, 0.25) is 0 Å². The molecule has 2 aromatic carbocycles. The number of carbonyl (C=O) groups is 3. The van der Waals surface area contributed by atoms with Crippen LogP contribution in [0.25, 0.3) is 0 Å². The lowest BCUT2D eigenvalue weighted by Gasteiger charge is -2.31. The Bertz CT molecular complexity index is 1010. The zero-order valence-electron chi connectivity index (χ0n) is 16.4. The number of para-hydroxylation sites is 2. The van der Waals surface area contributed by atoms with Crippen LogP contribution in [-0.4, -0.2) is 46.0 Å². The first kappa shape index (κ1) is 19.5. The third kappa shape index (κ3) is 3.09. The minimum atomic E-state index is -0.626. The van der Waals surface area contributed by atoms with Gasteiger partial charge in [0.15, 0.2) is 6.61 Å². The Labute approximate surface area is 182 Å². The van der Waals surface area contributed by atoms with Gasteiger partial charge in [0, 0.05) is 22.0 Å². The second-order valence-corrected chi connectivity index (χ2v) is 10.2. The van der Waals surface area contributed by atoms with E-state index in [1.165, 1.54) is 0 Å². The summed E-state index contributed by atoms with van der Waals surface area (Å²) >= 11 is 3.22. The van der Waals surface area contributed by atoms with E-state index in [0.29, 0.717) is 12.2 Å². The van der Waals surface area contributed by atoms with Crippen LogP contribution in [0.4, 0.5) is 11.4 Å². The molecule has 2 unspecified atom stereocenters. The number of ether oxygens (including phenoxy) is 1. The molecular weight excluding hydrogens is 420 g/mol. The van der Waals surface area contributed by atoms with Crippen LogP contribution >= 0.6 is 23.5 Å². The highest BCUT2D eigenvalue weighted by atomic mass is 32.2. The maximum Gasteiger partial charge on any atom is 0.330 e. The summed E-state index contributed by atoms with van der Waals surface area (Å²) < 4.78 is 5.43. The molecule has 0 bridgehead atoms. The van der Waals surface area contributed by atoms with E-state index >= 15 is 0 Å². The van der Waals surface area contributed by atoms with Crippen molar-refractivity contribution in [1.82, 2.24) is 4.90 Å². The quantitative estimate of drug-likeness (QED) is 0.676. The minimum absolute atomic E-state index is 0.0216. The summed E-state index contributed by atoms with van der Waals surface area (Å²) in [4.78, 5) is 43.0. The lowest BCUT2D eigenvalue weighted by Crippen LogP contribution is -2.47. The third-order valence-electron chi connectivity index (χ3n) is 5.74.